The van der Waals surface area contributed by atoms with Gasteiger partial charge in [-0.2, -0.15) is 4.31 Å². The summed E-state index contributed by atoms with van der Waals surface area (Å²) in [5, 5.41) is 0. The van der Waals surface area contributed by atoms with E-state index >= 15 is 0 Å². The highest BCUT2D eigenvalue weighted by molar-refractivity contribution is 7.89. The second-order valence-corrected chi connectivity index (χ2v) is 7.25. The molecule has 2 heterocycles. The van der Waals surface area contributed by atoms with E-state index in [9.17, 15) is 17.6 Å². The van der Waals surface area contributed by atoms with Crippen LogP contribution in [-0.4, -0.2) is 36.1 Å². The molecule has 0 bridgehead atoms. The van der Waals surface area contributed by atoms with Gasteiger partial charge in [-0.1, -0.05) is 12.8 Å². The number of carbonyl (C=O) groups is 1. The van der Waals surface area contributed by atoms with E-state index in [1.54, 1.807) is 0 Å². The topological polar surface area (TPSA) is 67.3 Å². The molecule has 0 aromatic carbocycles. The number of ketones is 1. The molecule has 0 radical (unpaired) electrons. The van der Waals surface area contributed by atoms with E-state index in [1.165, 1.54) is 11.2 Å². The van der Waals surface area contributed by atoms with Crippen molar-refractivity contribution in [2.45, 2.75) is 50.0 Å². The fourth-order valence-electron chi connectivity index (χ4n) is 2.67. The lowest BCUT2D eigenvalue weighted by Gasteiger charge is -2.28. The molecule has 0 amide bonds. The Hall–Kier alpha value is -1.34. The molecule has 1 aromatic heterocycles. The molecule has 1 aromatic rings. The average Bonchev–Trinajstić information content (AvgIpc) is 2.64. The highest BCUT2D eigenvalue weighted by Crippen LogP contribution is 2.26. The lowest BCUT2D eigenvalue weighted by molar-refractivity contribution is -0.117. The van der Waals surface area contributed by atoms with E-state index < -0.39 is 15.8 Å². The van der Waals surface area contributed by atoms with Gasteiger partial charge in [-0.05, 0) is 25.8 Å². The molecule has 1 fully saturated rings. The minimum atomic E-state index is -3.82. The van der Waals surface area contributed by atoms with Gasteiger partial charge in [0.1, 0.15) is 16.5 Å². The number of halogens is 1. The van der Waals surface area contributed by atoms with Gasteiger partial charge in [-0.25, -0.2) is 12.8 Å². The van der Waals surface area contributed by atoms with Crippen LogP contribution in [0.1, 0.15) is 39.0 Å². The predicted octanol–water partition coefficient (Wildman–Crippen LogP) is 2.13. The molecule has 1 aliphatic heterocycles. The Morgan fingerprint density at radius 2 is 2.14 bits per heavy atom. The molecule has 1 aliphatic rings. The third kappa shape index (κ3) is 3.85. The third-order valence-corrected chi connectivity index (χ3v) is 5.55. The monoisotopic (exact) mass is 314 g/mol. The molecule has 7 heteroatoms. The molecular weight excluding hydrogens is 295 g/mol. The maximum absolute atomic E-state index is 13.3. The second-order valence-electron chi connectivity index (χ2n) is 5.36. The van der Waals surface area contributed by atoms with Crippen molar-refractivity contribution in [1.82, 2.24) is 9.29 Å². The van der Waals surface area contributed by atoms with Crippen molar-refractivity contribution in [3.63, 3.8) is 0 Å². The van der Waals surface area contributed by atoms with Crippen LogP contribution < -0.4 is 0 Å². The van der Waals surface area contributed by atoms with Gasteiger partial charge in [-0.15, -0.1) is 0 Å². The number of carbonyl (C=O) groups excluding carboxylic acids is 1. The van der Waals surface area contributed by atoms with Gasteiger partial charge < -0.3 is 0 Å². The summed E-state index contributed by atoms with van der Waals surface area (Å²) in [4.78, 5) is 14.8. The minimum absolute atomic E-state index is 0.0422. The Kier molecular flexibility index (Phi) is 5.05. The van der Waals surface area contributed by atoms with Crippen LogP contribution in [0.3, 0.4) is 0 Å². The van der Waals surface area contributed by atoms with Gasteiger partial charge in [0, 0.05) is 25.2 Å². The van der Waals surface area contributed by atoms with E-state index in [1.807, 2.05) is 0 Å². The van der Waals surface area contributed by atoms with Gasteiger partial charge in [0.2, 0.25) is 10.0 Å². The van der Waals surface area contributed by atoms with Crippen LogP contribution in [-0.2, 0) is 14.8 Å². The number of hydrogen-bond acceptors (Lipinski definition) is 4. The smallest absolute Gasteiger partial charge is 0.244 e. The molecule has 0 aliphatic carbocycles. The summed E-state index contributed by atoms with van der Waals surface area (Å²) < 4.78 is 40.0. The number of nitrogens with zero attached hydrogens (tertiary/aromatic N) is 2. The zero-order valence-corrected chi connectivity index (χ0v) is 12.8. The summed E-state index contributed by atoms with van der Waals surface area (Å²) in [7, 11) is -3.82. The number of rotatable bonds is 4. The van der Waals surface area contributed by atoms with Crippen LogP contribution in [0.2, 0.25) is 0 Å². The standard InChI is InChI=1S/C14H19FN2O3S/c1-11(18)7-13-5-3-2-4-6-17(13)21(19,20)14-8-12(15)9-16-10-14/h8-10,13H,2-7H2,1H3. The summed E-state index contributed by atoms with van der Waals surface area (Å²) in [6.45, 7) is 1.82. The Morgan fingerprint density at radius 1 is 1.38 bits per heavy atom. The summed E-state index contributed by atoms with van der Waals surface area (Å²) in [5.41, 5.74) is 0. The molecule has 116 valence electrons. The van der Waals surface area contributed by atoms with Crippen LogP contribution in [0.4, 0.5) is 4.39 Å². The quantitative estimate of drug-likeness (QED) is 0.854. The maximum Gasteiger partial charge on any atom is 0.244 e. The highest BCUT2D eigenvalue weighted by Gasteiger charge is 2.33. The predicted molar refractivity (Wildman–Crippen MR) is 75.6 cm³/mol. The van der Waals surface area contributed by atoms with E-state index in [-0.39, 0.29) is 23.1 Å². The number of Topliss-reactive ketones (excluding diaryl/α,β-unsaturated/α-hetero) is 1. The fourth-order valence-corrected chi connectivity index (χ4v) is 4.34. The van der Waals surface area contributed by atoms with Crippen molar-refractivity contribution >= 4 is 15.8 Å². The first-order chi connectivity index (χ1) is 9.91. The largest absolute Gasteiger partial charge is 0.300 e. The second kappa shape index (κ2) is 6.62. The fraction of sp³-hybridized carbons (Fsp3) is 0.571. The molecule has 0 spiro atoms. The summed E-state index contributed by atoms with van der Waals surface area (Å²) in [6, 6.07) is 0.621. The molecule has 1 unspecified atom stereocenters. The normalized spacial score (nSPS) is 21.0. The van der Waals surface area contributed by atoms with Crippen molar-refractivity contribution in [2.75, 3.05) is 6.54 Å². The molecular formula is C14H19FN2O3S. The van der Waals surface area contributed by atoms with Crippen LogP contribution in [0.25, 0.3) is 0 Å². The Balaban J connectivity index is 2.36. The zero-order chi connectivity index (χ0) is 15.5. The Morgan fingerprint density at radius 3 is 2.81 bits per heavy atom. The summed E-state index contributed by atoms with van der Waals surface area (Å²) in [6.07, 6.45) is 5.54. The Labute approximate surface area is 124 Å². The van der Waals surface area contributed by atoms with Crippen LogP contribution in [0, 0.1) is 5.82 Å². The van der Waals surface area contributed by atoms with Gasteiger partial charge in [0.15, 0.2) is 0 Å². The first kappa shape index (κ1) is 16.0. The van der Waals surface area contributed by atoms with E-state index in [2.05, 4.69) is 4.98 Å². The highest BCUT2D eigenvalue weighted by atomic mass is 32.2. The number of aromatic nitrogens is 1. The molecule has 0 saturated carbocycles. The van der Waals surface area contributed by atoms with E-state index in [0.717, 1.165) is 37.7 Å². The van der Waals surface area contributed by atoms with E-state index in [4.69, 9.17) is 0 Å². The SMILES string of the molecule is CC(=O)CC1CCCCCN1S(=O)(=O)c1cncc(F)c1. The van der Waals surface area contributed by atoms with Gasteiger partial charge in [0.25, 0.3) is 0 Å². The number of pyridine rings is 1. The molecule has 21 heavy (non-hydrogen) atoms. The minimum Gasteiger partial charge on any atom is -0.300 e. The molecule has 1 atom stereocenters. The number of sulfonamides is 1. The third-order valence-electron chi connectivity index (χ3n) is 3.63. The van der Waals surface area contributed by atoms with Crippen LogP contribution in [0.15, 0.2) is 23.4 Å². The molecule has 0 N–H and O–H groups in total. The van der Waals surface area contributed by atoms with Gasteiger partial charge in [0.05, 0.1) is 6.20 Å². The lowest BCUT2D eigenvalue weighted by atomic mass is 10.1. The van der Waals surface area contributed by atoms with Crippen LogP contribution >= 0.6 is 0 Å². The lowest BCUT2D eigenvalue weighted by Crippen LogP contribution is -2.41. The first-order valence-corrected chi connectivity index (χ1v) is 8.47. The number of hydrogen-bond donors (Lipinski definition) is 0. The summed E-state index contributed by atoms with van der Waals surface area (Å²) in [5.74, 6) is -0.728. The maximum atomic E-state index is 13.3. The Bertz CT molecular complexity index is 618. The van der Waals surface area contributed by atoms with Crippen molar-refractivity contribution in [3.05, 3.63) is 24.3 Å². The van der Waals surface area contributed by atoms with Crippen molar-refractivity contribution in [3.8, 4) is 0 Å². The summed E-state index contributed by atoms with van der Waals surface area (Å²) >= 11 is 0. The van der Waals surface area contributed by atoms with Gasteiger partial charge in [-0.3, -0.25) is 9.78 Å². The average molecular weight is 314 g/mol. The molecule has 1 saturated heterocycles. The van der Waals surface area contributed by atoms with E-state index in [0.29, 0.717) is 13.0 Å². The van der Waals surface area contributed by atoms with Crippen LogP contribution in [0.5, 0.6) is 0 Å². The molecule has 5 nitrogen and oxygen atoms in total. The molecule has 2 rings (SSSR count). The van der Waals surface area contributed by atoms with Crippen molar-refractivity contribution in [2.24, 2.45) is 0 Å². The van der Waals surface area contributed by atoms with Crippen molar-refractivity contribution in [1.29, 1.82) is 0 Å². The van der Waals surface area contributed by atoms with Crippen molar-refractivity contribution < 1.29 is 17.6 Å². The van der Waals surface area contributed by atoms with Gasteiger partial charge >= 0.3 is 0 Å². The zero-order valence-electron chi connectivity index (χ0n) is 12.0. The first-order valence-electron chi connectivity index (χ1n) is 7.03.